The third-order valence-electron chi connectivity index (χ3n) is 3.87. The van der Waals surface area contributed by atoms with Gasteiger partial charge in [-0.3, -0.25) is 19.4 Å². The number of amides is 2. The van der Waals surface area contributed by atoms with Crippen molar-refractivity contribution in [1.29, 1.82) is 0 Å². The average Bonchev–Trinajstić information content (AvgIpc) is 2.56. The summed E-state index contributed by atoms with van der Waals surface area (Å²) in [5, 5.41) is 2.75. The lowest BCUT2D eigenvalue weighted by molar-refractivity contribution is -0.122. The highest BCUT2D eigenvalue weighted by atomic mass is 19.1. The van der Waals surface area contributed by atoms with Crippen LogP contribution in [0.3, 0.4) is 0 Å². The molecule has 0 fully saturated rings. The third kappa shape index (κ3) is 3.44. The molecule has 3 rings (SSSR count). The second-order valence-corrected chi connectivity index (χ2v) is 5.81. The van der Waals surface area contributed by atoms with E-state index in [4.69, 9.17) is 0 Å². The Morgan fingerprint density at radius 1 is 1.21 bits per heavy atom. The quantitative estimate of drug-likeness (QED) is 0.937. The zero-order valence-electron chi connectivity index (χ0n) is 13.3. The minimum atomic E-state index is -0.292. The predicted molar refractivity (Wildman–Crippen MR) is 90.2 cm³/mol. The van der Waals surface area contributed by atoms with E-state index in [2.05, 4.69) is 5.32 Å². The fourth-order valence-corrected chi connectivity index (χ4v) is 2.75. The molecule has 2 aromatic rings. The van der Waals surface area contributed by atoms with Gasteiger partial charge in [-0.2, -0.15) is 0 Å². The van der Waals surface area contributed by atoms with Crippen LogP contribution in [-0.2, 0) is 16.1 Å². The Bertz CT molecular complexity index is 778. The molecule has 0 saturated heterocycles. The van der Waals surface area contributed by atoms with E-state index >= 15 is 0 Å². The molecule has 0 aromatic heterocycles. The average molecular weight is 327 g/mol. The minimum absolute atomic E-state index is 0.0105. The second-order valence-electron chi connectivity index (χ2n) is 5.81. The normalized spacial score (nSPS) is 13.6. The summed E-state index contributed by atoms with van der Waals surface area (Å²) in [7, 11) is 1.75. The predicted octanol–water partition coefficient (Wildman–Crippen LogP) is 2.24. The molecule has 1 heterocycles. The first-order valence-corrected chi connectivity index (χ1v) is 7.66. The molecule has 24 heavy (non-hydrogen) atoms. The van der Waals surface area contributed by atoms with E-state index in [1.54, 1.807) is 48.3 Å². The molecule has 0 bridgehead atoms. The molecule has 0 spiro atoms. The van der Waals surface area contributed by atoms with Gasteiger partial charge < -0.3 is 5.32 Å². The maximum absolute atomic E-state index is 13.7. The van der Waals surface area contributed by atoms with Gasteiger partial charge in [-0.15, -0.1) is 0 Å². The number of fused-ring (bicyclic) bond motifs is 1. The van der Waals surface area contributed by atoms with E-state index in [-0.39, 0.29) is 30.7 Å². The number of nitrogens with one attached hydrogen (secondary N) is 1. The van der Waals surface area contributed by atoms with Crippen molar-refractivity contribution in [3.8, 4) is 0 Å². The molecule has 1 N–H and O–H groups in total. The van der Waals surface area contributed by atoms with Crippen molar-refractivity contribution in [2.75, 3.05) is 30.4 Å². The monoisotopic (exact) mass is 327 g/mol. The number of hydrogen-bond acceptors (Lipinski definition) is 3. The van der Waals surface area contributed by atoms with Crippen LogP contribution in [0, 0.1) is 5.82 Å². The first-order valence-electron chi connectivity index (χ1n) is 7.66. The van der Waals surface area contributed by atoms with Gasteiger partial charge in [0.05, 0.1) is 17.9 Å². The highest BCUT2D eigenvalue weighted by Crippen LogP contribution is 2.28. The zero-order valence-corrected chi connectivity index (χ0v) is 13.3. The topological polar surface area (TPSA) is 52.7 Å². The van der Waals surface area contributed by atoms with Crippen molar-refractivity contribution in [1.82, 2.24) is 4.90 Å². The lowest BCUT2D eigenvalue weighted by atomic mass is 10.2. The number of benzene rings is 2. The summed E-state index contributed by atoms with van der Waals surface area (Å²) in [6.07, 6.45) is 0. The van der Waals surface area contributed by atoms with Crippen LogP contribution >= 0.6 is 0 Å². The van der Waals surface area contributed by atoms with E-state index in [1.807, 2.05) is 6.07 Å². The Balaban J connectivity index is 1.71. The van der Waals surface area contributed by atoms with Gasteiger partial charge in [0.15, 0.2) is 0 Å². The molecule has 2 aromatic carbocycles. The number of anilines is 2. The highest BCUT2D eigenvalue weighted by molar-refractivity contribution is 6.10. The number of likely N-dealkylation sites (N-methyl/N-ethyl adjacent to an activating group) is 1. The van der Waals surface area contributed by atoms with Crippen molar-refractivity contribution in [3.05, 3.63) is 59.9 Å². The number of carbonyl (C=O) groups is 2. The molecule has 5 nitrogen and oxygen atoms in total. The Kier molecular flexibility index (Phi) is 4.57. The van der Waals surface area contributed by atoms with Gasteiger partial charge in [0.1, 0.15) is 12.4 Å². The first kappa shape index (κ1) is 16.1. The number of para-hydroxylation sites is 2. The summed E-state index contributed by atoms with van der Waals surface area (Å²) in [6.45, 7) is 0.402. The van der Waals surface area contributed by atoms with Gasteiger partial charge in [-0.25, -0.2) is 4.39 Å². The van der Waals surface area contributed by atoms with Gasteiger partial charge in [0.2, 0.25) is 11.8 Å². The van der Waals surface area contributed by atoms with Gasteiger partial charge in [0, 0.05) is 12.1 Å². The standard InChI is InChI=1S/C18H18FN3O2/c1-21(10-13-6-2-3-7-14(13)19)12-18(24)22-11-17(23)20-15-8-4-5-9-16(15)22/h2-9H,10-12H2,1H3,(H,20,23). The van der Waals surface area contributed by atoms with Gasteiger partial charge in [0.25, 0.3) is 0 Å². The summed E-state index contributed by atoms with van der Waals surface area (Å²) in [6, 6.07) is 13.7. The second kappa shape index (κ2) is 6.80. The van der Waals surface area contributed by atoms with Crippen LogP contribution in [0.4, 0.5) is 15.8 Å². The van der Waals surface area contributed by atoms with Crippen LogP contribution in [0.1, 0.15) is 5.56 Å². The Hall–Kier alpha value is -2.73. The van der Waals surface area contributed by atoms with Crippen molar-refractivity contribution in [2.45, 2.75) is 6.54 Å². The van der Waals surface area contributed by atoms with Crippen molar-refractivity contribution in [3.63, 3.8) is 0 Å². The molecule has 0 saturated carbocycles. The fraction of sp³-hybridized carbons (Fsp3) is 0.222. The summed E-state index contributed by atoms with van der Waals surface area (Å²) < 4.78 is 13.7. The summed E-state index contributed by atoms with van der Waals surface area (Å²) in [4.78, 5) is 27.6. The van der Waals surface area contributed by atoms with Crippen LogP contribution in [0.25, 0.3) is 0 Å². The maximum Gasteiger partial charge on any atom is 0.244 e. The molecule has 1 aliphatic rings. The number of rotatable bonds is 4. The summed E-state index contributed by atoms with van der Waals surface area (Å²) in [5.41, 5.74) is 1.84. The number of hydrogen-bond donors (Lipinski definition) is 1. The molecular formula is C18H18FN3O2. The molecule has 6 heteroatoms. The third-order valence-corrected chi connectivity index (χ3v) is 3.87. The molecule has 124 valence electrons. The van der Waals surface area contributed by atoms with E-state index in [0.717, 1.165) is 0 Å². The zero-order chi connectivity index (χ0) is 17.1. The molecule has 1 aliphatic heterocycles. The van der Waals surface area contributed by atoms with E-state index in [9.17, 15) is 14.0 Å². The Morgan fingerprint density at radius 3 is 2.71 bits per heavy atom. The van der Waals surface area contributed by atoms with Crippen molar-refractivity contribution in [2.24, 2.45) is 0 Å². The Labute approximate surface area is 139 Å². The first-order chi connectivity index (χ1) is 11.5. The van der Waals surface area contributed by atoms with Crippen LogP contribution in [0.5, 0.6) is 0 Å². The van der Waals surface area contributed by atoms with Crippen LogP contribution in [0.15, 0.2) is 48.5 Å². The van der Waals surface area contributed by atoms with Crippen LogP contribution < -0.4 is 10.2 Å². The van der Waals surface area contributed by atoms with Crippen LogP contribution in [-0.4, -0.2) is 36.9 Å². The van der Waals surface area contributed by atoms with Crippen molar-refractivity contribution >= 4 is 23.2 Å². The molecule has 0 radical (unpaired) electrons. The highest BCUT2D eigenvalue weighted by Gasteiger charge is 2.27. The largest absolute Gasteiger partial charge is 0.323 e. The minimum Gasteiger partial charge on any atom is -0.323 e. The smallest absolute Gasteiger partial charge is 0.244 e. The SMILES string of the molecule is CN(CC(=O)N1CC(=O)Nc2ccccc21)Cc1ccccc1F. The van der Waals surface area contributed by atoms with Gasteiger partial charge in [-0.1, -0.05) is 30.3 Å². The molecular weight excluding hydrogens is 309 g/mol. The lowest BCUT2D eigenvalue weighted by Crippen LogP contribution is -2.46. The molecule has 0 atom stereocenters. The lowest BCUT2D eigenvalue weighted by Gasteiger charge is -2.30. The number of halogens is 1. The Morgan fingerprint density at radius 2 is 1.92 bits per heavy atom. The van der Waals surface area contributed by atoms with E-state index in [0.29, 0.717) is 23.5 Å². The van der Waals surface area contributed by atoms with Gasteiger partial charge in [-0.05, 0) is 25.2 Å². The summed E-state index contributed by atoms with van der Waals surface area (Å²) in [5.74, 6) is -0.713. The van der Waals surface area contributed by atoms with E-state index < -0.39 is 0 Å². The molecule has 0 aliphatic carbocycles. The number of nitrogens with zero attached hydrogens (tertiary/aromatic N) is 2. The van der Waals surface area contributed by atoms with Gasteiger partial charge >= 0.3 is 0 Å². The van der Waals surface area contributed by atoms with Crippen molar-refractivity contribution < 1.29 is 14.0 Å². The number of carbonyl (C=O) groups excluding carboxylic acids is 2. The fourth-order valence-electron chi connectivity index (χ4n) is 2.75. The van der Waals surface area contributed by atoms with E-state index in [1.165, 1.54) is 11.0 Å². The van der Waals surface area contributed by atoms with Crippen LogP contribution in [0.2, 0.25) is 0 Å². The molecule has 0 unspecified atom stereocenters. The summed E-state index contributed by atoms with van der Waals surface area (Å²) >= 11 is 0. The maximum atomic E-state index is 13.7. The molecule has 2 amide bonds.